The number of hydrogen-bond donors (Lipinski definition) is 2. The number of carbonyl (C=O) groups is 2. The lowest BCUT2D eigenvalue weighted by Crippen LogP contribution is -2.22. The summed E-state index contributed by atoms with van der Waals surface area (Å²) in [5, 5.41) is 13.4. The summed E-state index contributed by atoms with van der Waals surface area (Å²) in [6.07, 6.45) is 0. The Balaban J connectivity index is 1.72. The van der Waals surface area contributed by atoms with Crippen LogP contribution in [0.3, 0.4) is 0 Å². The molecule has 0 atom stereocenters. The van der Waals surface area contributed by atoms with Gasteiger partial charge >= 0.3 is 5.97 Å². The summed E-state index contributed by atoms with van der Waals surface area (Å²) in [6, 6.07) is 12.4. The van der Waals surface area contributed by atoms with E-state index in [0.717, 1.165) is 29.5 Å². The van der Waals surface area contributed by atoms with E-state index in [0.29, 0.717) is 5.00 Å². The van der Waals surface area contributed by atoms with E-state index in [1.165, 1.54) is 37.3 Å². The predicted octanol–water partition coefficient (Wildman–Crippen LogP) is 3.66. The molecule has 1 aromatic heterocycles. The Morgan fingerprint density at radius 1 is 1.19 bits per heavy atom. The molecule has 3 aromatic rings. The average molecular weight is 474 g/mol. The van der Waals surface area contributed by atoms with Gasteiger partial charge < -0.3 is 10.1 Å². The summed E-state index contributed by atoms with van der Waals surface area (Å²) in [7, 11) is -4.12. The van der Waals surface area contributed by atoms with Crippen molar-refractivity contribution in [3.63, 3.8) is 0 Å². The van der Waals surface area contributed by atoms with E-state index in [1.807, 2.05) is 6.07 Å². The minimum atomic E-state index is -4.12. The first-order chi connectivity index (χ1) is 15.2. The molecule has 0 spiro atoms. The van der Waals surface area contributed by atoms with Crippen LogP contribution in [-0.2, 0) is 19.6 Å². The van der Waals surface area contributed by atoms with Crippen LogP contribution in [-0.4, -0.2) is 26.9 Å². The highest BCUT2D eigenvalue weighted by Gasteiger charge is 2.22. The number of rotatable bonds is 7. The maximum absolute atomic E-state index is 13.3. The molecule has 11 heteroatoms. The Kier molecular flexibility index (Phi) is 6.87. The number of thiophene rings is 1. The zero-order chi connectivity index (χ0) is 23.3. The number of sulfonamides is 1. The number of nitriles is 1. The van der Waals surface area contributed by atoms with E-state index in [9.17, 15) is 22.4 Å². The van der Waals surface area contributed by atoms with E-state index in [2.05, 4.69) is 10.0 Å². The Morgan fingerprint density at radius 3 is 2.66 bits per heavy atom. The summed E-state index contributed by atoms with van der Waals surface area (Å²) >= 11 is 1.15. The van der Waals surface area contributed by atoms with Crippen molar-refractivity contribution in [3.8, 4) is 6.07 Å². The van der Waals surface area contributed by atoms with Crippen molar-refractivity contribution in [1.29, 1.82) is 5.26 Å². The van der Waals surface area contributed by atoms with Gasteiger partial charge in [-0.3, -0.25) is 9.52 Å². The third kappa shape index (κ3) is 5.29. The molecule has 0 saturated heterocycles. The number of benzene rings is 2. The Hall–Kier alpha value is -3.75. The zero-order valence-corrected chi connectivity index (χ0v) is 18.2. The molecule has 0 unspecified atom stereocenters. The molecule has 0 aliphatic heterocycles. The second-order valence-electron chi connectivity index (χ2n) is 6.46. The molecule has 0 aliphatic rings. The fourth-order valence-corrected chi connectivity index (χ4v) is 4.79. The van der Waals surface area contributed by atoms with Crippen LogP contribution in [0.4, 0.5) is 15.1 Å². The van der Waals surface area contributed by atoms with Crippen LogP contribution in [0.5, 0.6) is 0 Å². The summed E-state index contributed by atoms with van der Waals surface area (Å²) in [6.45, 7) is 0.807. The number of para-hydroxylation sites is 1. The number of nitrogens with zero attached hydrogens (tertiary/aromatic N) is 1. The lowest BCUT2D eigenvalue weighted by molar-refractivity contribution is -0.119. The normalized spacial score (nSPS) is 10.8. The average Bonchev–Trinajstić information content (AvgIpc) is 3.18. The summed E-state index contributed by atoms with van der Waals surface area (Å²) in [5.74, 6) is -2.16. The van der Waals surface area contributed by atoms with Gasteiger partial charge in [0.25, 0.3) is 15.9 Å². The molecule has 3 rings (SSSR count). The van der Waals surface area contributed by atoms with Crippen molar-refractivity contribution >= 4 is 43.9 Å². The van der Waals surface area contributed by atoms with Crippen molar-refractivity contribution in [2.75, 3.05) is 16.6 Å². The van der Waals surface area contributed by atoms with E-state index >= 15 is 0 Å². The van der Waals surface area contributed by atoms with Gasteiger partial charge in [0.2, 0.25) is 0 Å². The van der Waals surface area contributed by atoms with Gasteiger partial charge in [-0.2, -0.15) is 5.26 Å². The molecular weight excluding hydrogens is 457 g/mol. The van der Waals surface area contributed by atoms with Crippen LogP contribution in [0.2, 0.25) is 0 Å². The summed E-state index contributed by atoms with van der Waals surface area (Å²) in [5.41, 5.74) is 0.300. The smallest absolute Gasteiger partial charge is 0.340 e. The molecule has 8 nitrogen and oxygen atoms in total. The van der Waals surface area contributed by atoms with Crippen LogP contribution >= 0.6 is 11.3 Å². The fraction of sp³-hybridized carbons (Fsp3) is 0.0952. The van der Waals surface area contributed by atoms with Crippen molar-refractivity contribution in [1.82, 2.24) is 0 Å². The van der Waals surface area contributed by atoms with Gasteiger partial charge in [0.15, 0.2) is 6.61 Å². The lowest BCUT2D eigenvalue weighted by Gasteiger charge is -2.13. The first-order valence-corrected chi connectivity index (χ1v) is 11.4. The number of aryl methyl sites for hydroxylation is 1. The Bertz CT molecular complexity index is 1330. The number of amides is 1. The van der Waals surface area contributed by atoms with Gasteiger partial charge in [-0.05, 0) is 54.3 Å². The highest BCUT2D eigenvalue weighted by molar-refractivity contribution is 7.92. The van der Waals surface area contributed by atoms with E-state index in [1.54, 1.807) is 5.38 Å². The van der Waals surface area contributed by atoms with E-state index in [-0.39, 0.29) is 27.3 Å². The maximum Gasteiger partial charge on any atom is 0.340 e. The van der Waals surface area contributed by atoms with Gasteiger partial charge in [0.05, 0.1) is 21.7 Å². The topological polar surface area (TPSA) is 125 Å². The monoisotopic (exact) mass is 473 g/mol. The maximum atomic E-state index is 13.3. The number of nitrogens with one attached hydrogen (secondary N) is 2. The van der Waals surface area contributed by atoms with Crippen LogP contribution < -0.4 is 10.0 Å². The number of anilines is 2. The molecule has 2 N–H and O–H groups in total. The molecule has 164 valence electrons. The first-order valence-electron chi connectivity index (χ1n) is 9.04. The number of halogens is 1. The minimum Gasteiger partial charge on any atom is -0.452 e. The van der Waals surface area contributed by atoms with Crippen molar-refractivity contribution in [2.24, 2.45) is 0 Å². The van der Waals surface area contributed by atoms with Crippen LogP contribution in [0.15, 0.2) is 58.8 Å². The molecule has 0 saturated carbocycles. The predicted molar refractivity (Wildman–Crippen MR) is 116 cm³/mol. The Morgan fingerprint density at radius 2 is 1.94 bits per heavy atom. The number of esters is 1. The van der Waals surface area contributed by atoms with Gasteiger partial charge in [0.1, 0.15) is 16.9 Å². The molecule has 32 heavy (non-hydrogen) atoms. The third-order valence-corrected chi connectivity index (χ3v) is 6.55. The van der Waals surface area contributed by atoms with E-state index < -0.39 is 34.3 Å². The van der Waals surface area contributed by atoms with Gasteiger partial charge in [-0.1, -0.05) is 12.1 Å². The number of hydrogen-bond acceptors (Lipinski definition) is 7. The fourth-order valence-electron chi connectivity index (χ4n) is 2.73. The van der Waals surface area contributed by atoms with E-state index in [4.69, 9.17) is 10.00 Å². The molecule has 0 fully saturated rings. The van der Waals surface area contributed by atoms with Crippen LogP contribution in [0, 0.1) is 24.1 Å². The SMILES string of the molecule is Cc1cc(F)ccc1S(=O)(=O)Nc1ccccc1C(=O)OCC(=O)Nc1sccc1C#N. The number of carbonyl (C=O) groups excluding carboxylic acids is 2. The van der Waals surface area contributed by atoms with Gasteiger partial charge in [0, 0.05) is 0 Å². The standard InChI is InChI=1S/C21H16FN3O5S2/c1-13-10-15(22)6-7-18(13)32(28,29)25-17-5-3-2-4-16(17)21(27)30-12-19(26)24-20-14(11-23)8-9-31-20/h2-10,25H,12H2,1H3,(H,24,26). The summed E-state index contributed by atoms with van der Waals surface area (Å²) < 4.78 is 46.1. The third-order valence-electron chi connectivity index (χ3n) is 4.19. The molecule has 0 bridgehead atoms. The quantitative estimate of drug-likeness (QED) is 0.505. The molecule has 1 heterocycles. The first kappa shape index (κ1) is 22.9. The highest BCUT2D eigenvalue weighted by Crippen LogP contribution is 2.24. The van der Waals surface area contributed by atoms with Crippen molar-refractivity contribution in [3.05, 3.63) is 76.4 Å². The van der Waals surface area contributed by atoms with Crippen molar-refractivity contribution in [2.45, 2.75) is 11.8 Å². The van der Waals surface area contributed by atoms with Crippen molar-refractivity contribution < 1.29 is 27.1 Å². The molecule has 0 radical (unpaired) electrons. The zero-order valence-electron chi connectivity index (χ0n) is 16.6. The summed E-state index contributed by atoms with van der Waals surface area (Å²) in [4.78, 5) is 24.4. The highest BCUT2D eigenvalue weighted by atomic mass is 32.2. The Labute approximate surface area is 187 Å². The molecule has 0 aliphatic carbocycles. The van der Waals surface area contributed by atoms with Gasteiger partial charge in [-0.15, -0.1) is 11.3 Å². The second kappa shape index (κ2) is 9.59. The molecular formula is C21H16FN3O5S2. The number of ether oxygens (including phenoxy) is 1. The largest absolute Gasteiger partial charge is 0.452 e. The minimum absolute atomic E-state index is 0.0633. The molecule has 1 amide bonds. The molecule has 2 aromatic carbocycles. The van der Waals surface area contributed by atoms with Crippen LogP contribution in [0.25, 0.3) is 0 Å². The second-order valence-corrected chi connectivity index (χ2v) is 9.03. The lowest BCUT2D eigenvalue weighted by atomic mass is 10.2. The van der Waals surface area contributed by atoms with Crippen LogP contribution in [0.1, 0.15) is 21.5 Å². The van der Waals surface area contributed by atoms with Gasteiger partial charge in [-0.25, -0.2) is 17.6 Å².